The average Bonchev–Trinajstić information content (AvgIpc) is 2.26. The number of carbonyl (C=O) groups is 2. The van der Waals surface area contributed by atoms with Crippen molar-refractivity contribution in [1.82, 2.24) is 0 Å². The van der Waals surface area contributed by atoms with E-state index in [0.717, 1.165) is 6.42 Å². The van der Waals surface area contributed by atoms with Gasteiger partial charge < -0.3 is 9.84 Å². The summed E-state index contributed by atoms with van der Waals surface area (Å²) in [6, 6.07) is 6.07. The lowest BCUT2D eigenvalue weighted by atomic mass is 10.1. The number of carbonyl (C=O) groups excluding carboxylic acids is 1. The number of ether oxygens (including phenoxy) is 1. The maximum absolute atomic E-state index is 11.0. The predicted molar refractivity (Wildman–Crippen MR) is 54.2 cm³/mol. The van der Waals surface area contributed by atoms with Gasteiger partial charge in [0.2, 0.25) is 0 Å². The molecule has 0 saturated heterocycles. The summed E-state index contributed by atoms with van der Waals surface area (Å²) in [5, 5.41) is 8.47. The molecule has 4 heteroatoms. The highest BCUT2D eigenvalue weighted by Crippen LogP contribution is 2.12. The van der Waals surface area contributed by atoms with Crippen LogP contribution >= 0.6 is 0 Å². The Labute approximate surface area is 87.5 Å². The van der Waals surface area contributed by atoms with E-state index >= 15 is 0 Å². The van der Waals surface area contributed by atoms with Crippen LogP contribution in [0.15, 0.2) is 24.3 Å². The number of hydrogen-bond donors (Lipinski definition) is 1. The fraction of sp³-hybridized carbons (Fsp3) is 0.273. The molecule has 1 aromatic rings. The number of rotatable bonds is 5. The molecule has 0 amide bonds. The second kappa shape index (κ2) is 5.14. The smallest absolute Gasteiger partial charge is 0.377 e. The zero-order chi connectivity index (χ0) is 11.3. The van der Waals surface area contributed by atoms with Crippen molar-refractivity contribution in [3.8, 4) is 5.75 Å². The van der Waals surface area contributed by atoms with Crippen molar-refractivity contribution < 1.29 is 19.4 Å². The molecule has 80 valence electrons. The van der Waals surface area contributed by atoms with Gasteiger partial charge in [-0.3, -0.25) is 4.79 Å². The molecule has 15 heavy (non-hydrogen) atoms. The Kier molecular flexibility index (Phi) is 3.85. The lowest BCUT2D eigenvalue weighted by Gasteiger charge is -2.04. The third-order valence-corrected chi connectivity index (χ3v) is 1.78. The molecule has 0 aliphatic carbocycles. The standard InChI is InChI=1S/C11H12O4/c1-2-7-15-9-5-3-8(4-6-9)10(12)11(13)14/h3-6H,2,7H2,1H3,(H,13,14). The van der Waals surface area contributed by atoms with Crippen LogP contribution in [0.5, 0.6) is 5.75 Å². The van der Waals surface area contributed by atoms with Gasteiger partial charge in [-0.2, -0.15) is 0 Å². The van der Waals surface area contributed by atoms with Crippen molar-refractivity contribution in [3.05, 3.63) is 29.8 Å². The van der Waals surface area contributed by atoms with E-state index in [1.165, 1.54) is 12.1 Å². The topological polar surface area (TPSA) is 63.6 Å². The Morgan fingerprint density at radius 1 is 1.27 bits per heavy atom. The first-order valence-corrected chi connectivity index (χ1v) is 4.65. The van der Waals surface area contributed by atoms with Gasteiger partial charge in [0.25, 0.3) is 5.78 Å². The van der Waals surface area contributed by atoms with Crippen LogP contribution in [-0.4, -0.2) is 23.5 Å². The second-order valence-electron chi connectivity index (χ2n) is 3.01. The summed E-state index contributed by atoms with van der Waals surface area (Å²) in [5.74, 6) is -1.71. The summed E-state index contributed by atoms with van der Waals surface area (Å²) in [5.41, 5.74) is 0.159. The van der Waals surface area contributed by atoms with E-state index in [0.29, 0.717) is 12.4 Å². The van der Waals surface area contributed by atoms with Crippen LogP contribution in [0.4, 0.5) is 0 Å². The van der Waals surface area contributed by atoms with Crippen LogP contribution in [0.2, 0.25) is 0 Å². The van der Waals surface area contributed by atoms with Gasteiger partial charge in [-0.1, -0.05) is 6.92 Å². The number of hydrogen-bond acceptors (Lipinski definition) is 3. The first kappa shape index (κ1) is 11.2. The van der Waals surface area contributed by atoms with Crippen LogP contribution in [0.25, 0.3) is 0 Å². The van der Waals surface area contributed by atoms with Crippen LogP contribution in [-0.2, 0) is 4.79 Å². The maximum atomic E-state index is 11.0. The average molecular weight is 208 g/mol. The lowest BCUT2D eigenvalue weighted by Crippen LogP contribution is -2.12. The van der Waals surface area contributed by atoms with Crippen LogP contribution in [0, 0.1) is 0 Å². The molecule has 0 atom stereocenters. The fourth-order valence-electron chi connectivity index (χ4n) is 1.05. The molecule has 0 aliphatic heterocycles. The summed E-state index contributed by atoms with van der Waals surface area (Å²) in [6.07, 6.45) is 0.899. The Hall–Kier alpha value is -1.84. The molecule has 0 fully saturated rings. The number of benzene rings is 1. The lowest BCUT2D eigenvalue weighted by molar-refractivity contribution is -0.131. The van der Waals surface area contributed by atoms with E-state index in [9.17, 15) is 9.59 Å². The first-order chi connectivity index (χ1) is 7.15. The minimum Gasteiger partial charge on any atom is -0.494 e. The Bertz CT molecular complexity index is 353. The summed E-state index contributed by atoms with van der Waals surface area (Å²) in [7, 11) is 0. The number of aliphatic carboxylic acids is 1. The number of carboxylic acids is 1. The minimum atomic E-state index is -1.45. The monoisotopic (exact) mass is 208 g/mol. The Balaban J connectivity index is 2.72. The summed E-state index contributed by atoms with van der Waals surface area (Å²) < 4.78 is 5.29. The first-order valence-electron chi connectivity index (χ1n) is 4.65. The Morgan fingerprint density at radius 3 is 2.33 bits per heavy atom. The van der Waals surface area contributed by atoms with Gasteiger partial charge in [0.15, 0.2) is 0 Å². The Morgan fingerprint density at radius 2 is 1.87 bits per heavy atom. The molecule has 0 unspecified atom stereocenters. The summed E-state index contributed by atoms with van der Waals surface area (Å²) in [6.45, 7) is 2.59. The van der Waals surface area contributed by atoms with Gasteiger partial charge >= 0.3 is 5.97 Å². The van der Waals surface area contributed by atoms with Crippen LogP contribution in [0.3, 0.4) is 0 Å². The normalized spacial score (nSPS) is 9.67. The summed E-state index contributed by atoms with van der Waals surface area (Å²) >= 11 is 0. The SMILES string of the molecule is CCCOc1ccc(C(=O)C(=O)O)cc1. The molecule has 0 radical (unpaired) electrons. The predicted octanol–water partition coefficient (Wildman–Crippen LogP) is 1.74. The molecular formula is C11H12O4. The maximum Gasteiger partial charge on any atom is 0.377 e. The van der Waals surface area contributed by atoms with E-state index < -0.39 is 11.8 Å². The minimum absolute atomic E-state index is 0.159. The van der Waals surface area contributed by atoms with E-state index in [1.54, 1.807) is 12.1 Å². The van der Waals surface area contributed by atoms with Crippen molar-refractivity contribution in [3.63, 3.8) is 0 Å². The third-order valence-electron chi connectivity index (χ3n) is 1.78. The van der Waals surface area contributed by atoms with Gasteiger partial charge in [-0.15, -0.1) is 0 Å². The molecule has 0 aliphatic rings. The highest BCUT2D eigenvalue weighted by molar-refractivity contribution is 6.39. The van der Waals surface area contributed by atoms with Crippen molar-refractivity contribution in [1.29, 1.82) is 0 Å². The van der Waals surface area contributed by atoms with E-state index in [4.69, 9.17) is 9.84 Å². The molecule has 0 heterocycles. The van der Waals surface area contributed by atoms with Crippen molar-refractivity contribution in [2.75, 3.05) is 6.61 Å². The summed E-state index contributed by atoms with van der Waals surface area (Å²) in [4.78, 5) is 21.4. The van der Waals surface area contributed by atoms with Crippen molar-refractivity contribution in [2.45, 2.75) is 13.3 Å². The van der Waals surface area contributed by atoms with E-state index in [1.807, 2.05) is 6.92 Å². The highest BCUT2D eigenvalue weighted by atomic mass is 16.5. The van der Waals surface area contributed by atoms with Gasteiger partial charge in [0.1, 0.15) is 5.75 Å². The van der Waals surface area contributed by atoms with E-state index in [2.05, 4.69) is 0 Å². The van der Waals surface area contributed by atoms with Gasteiger partial charge in [0, 0.05) is 5.56 Å². The van der Waals surface area contributed by atoms with Crippen LogP contribution < -0.4 is 4.74 Å². The van der Waals surface area contributed by atoms with E-state index in [-0.39, 0.29) is 5.56 Å². The number of Topliss-reactive ketones (excluding diaryl/α,β-unsaturated/α-hetero) is 1. The van der Waals surface area contributed by atoms with Gasteiger partial charge in [-0.25, -0.2) is 4.79 Å². The molecule has 4 nitrogen and oxygen atoms in total. The molecular weight excluding hydrogens is 196 g/mol. The fourth-order valence-corrected chi connectivity index (χ4v) is 1.05. The zero-order valence-corrected chi connectivity index (χ0v) is 8.40. The van der Waals surface area contributed by atoms with Crippen molar-refractivity contribution >= 4 is 11.8 Å². The zero-order valence-electron chi connectivity index (χ0n) is 8.40. The molecule has 1 N–H and O–H groups in total. The number of ketones is 1. The molecule has 0 bridgehead atoms. The largest absolute Gasteiger partial charge is 0.494 e. The molecule has 0 spiro atoms. The molecule has 1 aromatic carbocycles. The quantitative estimate of drug-likeness (QED) is 0.591. The van der Waals surface area contributed by atoms with Gasteiger partial charge in [-0.05, 0) is 30.7 Å². The highest BCUT2D eigenvalue weighted by Gasteiger charge is 2.13. The molecule has 0 saturated carbocycles. The second-order valence-corrected chi connectivity index (χ2v) is 3.01. The van der Waals surface area contributed by atoms with Crippen molar-refractivity contribution in [2.24, 2.45) is 0 Å². The molecule has 1 rings (SSSR count). The van der Waals surface area contributed by atoms with Gasteiger partial charge in [0.05, 0.1) is 6.61 Å². The molecule has 0 aromatic heterocycles. The number of carboxylic acid groups (broad SMARTS) is 1. The van der Waals surface area contributed by atoms with Crippen LogP contribution in [0.1, 0.15) is 23.7 Å². The third kappa shape index (κ3) is 3.09.